The lowest BCUT2D eigenvalue weighted by Crippen LogP contribution is -2.26. The van der Waals surface area contributed by atoms with Crippen molar-refractivity contribution in [2.75, 3.05) is 13.1 Å². The Balaban J connectivity index is 1.98. The highest BCUT2D eigenvalue weighted by atomic mass is 16.2. The summed E-state index contributed by atoms with van der Waals surface area (Å²) in [6.07, 6.45) is 8.20. The number of carbonyl (C=O) groups excluding carboxylic acids is 1. The van der Waals surface area contributed by atoms with Crippen LogP contribution in [0.1, 0.15) is 44.9 Å². The summed E-state index contributed by atoms with van der Waals surface area (Å²) in [6, 6.07) is 0. The van der Waals surface area contributed by atoms with Crippen molar-refractivity contribution < 1.29 is 4.79 Å². The molecule has 4 nitrogen and oxygen atoms in total. The minimum atomic E-state index is 0.129. The second kappa shape index (κ2) is 5.43. The van der Waals surface area contributed by atoms with E-state index in [0.717, 1.165) is 5.71 Å². The predicted molar refractivity (Wildman–Crippen MR) is 64.0 cm³/mol. The summed E-state index contributed by atoms with van der Waals surface area (Å²) < 4.78 is 0. The topological polar surface area (TPSA) is 58.7 Å². The van der Waals surface area contributed by atoms with Gasteiger partial charge < -0.3 is 5.73 Å². The van der Waals surface area contributed by atoms with Gasteiger partial charge >= 0.3 is 0 Å². The fourth-order valence-electron chi connectivity index (χ4n) is 2.63. The zero-order valence-electron chi connectivity index (χ0n) is 9.82. The molecule has 16 heavy (non-hydrogen) atoms. The van der Waals surface area contributed by atoms with Crippen molar-refractivity contribution in [2.45, 2.75) is 44.9 Å². The normalized spacial score (nSPS) is 23.4. The molecule has 4 heteroatoms. The van der Waals surface area contributed by atoms with Crippen molar-refractivity contribution in [3.8, 4) is 0 Å². The predicted octanol–water partition coefficient (Wildman–Crippen LogP) is 1.50. The highest BCUT2D eigenvalue weighted by Crippen LogP contribution is 2.27. The molecule has 0 atom stereocenters. The van der Waals surface area contributed by atoms with E-state index >= 15 is 0 Å². The van der Waals surface area contributed by atoms with Crippen molar-refractivity contribution in [2.24, 2.45) is 16.8 Å². The van der Waals surface area contributed by atoms with Crippen LogP contribution in [-0.2, 0) is 4.79 Å². The number of rotatable bonds is 3. The van der Waals surface area contributed by atoms with E-state index in [2.05, 4.69) is 5.10 Å². The van der Waals surface area contributed by atoms with Gasteiger partial charge in [-0.05, 0) is 18.8 Å². The third kappa shape index (κ3) is 2.61. The summed E-state index contributed by atoms with van der Waals surface area (Å²) >= 11 is 0. The number of carbonyl (C=O) groups is 1. The number of amides is 1. The molecule has 1 fully saturated rings. The first-order valence-electron chi connectivity index (χ1n) is 6.39. The third-order valence-corrected chi connectivity index (χ3v) is 3.54. The molecule has 2 aliphatic rings. The fraction of sp³-hybridized carbons (Fsp3) is 0.833. The van der Waals surface area contributed by atoms with Crippen molar-refractivity contribution >= 4 is 11.6 Å². The van der Waals surface area contributed by atoms with Crippen LogP contribution in [0.2, 0.25) is 0 Å². The molecule has 0 spiro atoms. The van der Waals surface area contributed by atoms with E-state index in [4.69, 9.17) is 5.73 Å². The van der Waals surface area contributed by atoms with Crippen LogP contribution < -0.4 is 5.73 Å². The first kappa shape index (κ1) is 11.6. The van der Waals surface area contributed by atoms with Gasteiger partial charge in [-0.15, -0.1) is 0 Å². The van der Waals surface area contributed by atoms with Gasteiger partial charge in [0.05, 0.1) is 18.7 Å². The number of hydrogen-bond donors (Lipinski definition) is 1. The van der Waals surface area contributed by atoms with Gasteiger partial charge in [-0.2, -0.15) is 5.10 Å². The quantitative estimate of drug-likeness (QED) is 0.737. The van der Waals surface area contributed by atoms with E-state index in [0.29, 0.717) is 25.4 Å². The lowest BCUT2D eigenvalue weighted by Gasteiger charge is -2.12. The molecule has 1 aliphatic heterocycles. The second-order valence-electron chi connectivity index (χ2n) is 4.76. The zero-order valence-corrected chi connectivity index (χ0v) is 9.82. The summed E-state index contributed by atoms with van der Waals surface area (Å²) in [4.78, 5) is 11.7. The van der Waals surface area contributed by atoms with E-state index < -0.39 is 0 Å². The SMILES string of the molecule is NCCN1N=C(C2CCCCCC2)CC1=O. The van der Waals surface area contributed by atoms with Crippen molar-refractivity contribution in [1.82, 2.24) is 5.01 Å². The first-order valence-corrected chi connectivity index (χ1v) is 6.39. The van der Waals surface area contributed by atoms with Crippen LogP contribution in [0.25, 0.3) is 0 Å². The summed E-state index contributed by atoms with van der Waals surface area (Å²) in [7, 11) is 0. The summed E-state index contributed by atoms with van der Waals surface area (Å²) in [5, 5.41) is 6.00. The molecule has 2 rings (SSSR count). The largest absolute Gasteiger partial charge is 0.329 e. The van der Waals surface area contributed by atoms with Gasteiger partial charge in [0.2, 0.25) is 5.91 Å². The van der Waals surface area contributed by atoms with Crippen LogP contribution in [-0.4, -0.2) is 29.7 Å². The Hall–Kier alpha value is -0.900. The molecule has 1 amide bonds. The summed E-state index contributed by atoms with van der Waals surface area (Å²) in [6.45, 7) is 1.06. The minimum absolute atomic E-state index is 0.129. The molecule has 0 unspecified atom stereocenters. The second-order valence-corrected chi connectivity index (χ2v) is 4.76. The van der Waals surface area contributed by atoms with Gasteiger partial charge in [0.1, 0.15) is 0 Å². The monoisotopic (exact) mass is 223 g/mol. The Morgan fingerprint density at radius 3 is 2.56 bits per heavy atom. The van der Waals surface area contributed by atoms with Gasteiger partial charge in [-0.3, -0.25) is 4.79 Å². The van der Waals surface area contributed by atoms with Gasteiger partial charge in [-0.25, -0.2) is 5.01 Å². The maximum absolute atomic E-state index is 11.7. The molecule has 1 aliphatic carbocycles. The highest BCUT2D eigenvalue weighted by molar-refractivity contribution is 6.05. The highest BCUT2D eigenvalue weighted by Gasteiger charge is 2.28. The van der Waals surface area contributed by atoms with Crippen LogP contribution in [0.15, 0.2) is 5.10 Å². The molecular formula is C12H21N3O. The minimum Gasteiger partial charge on any atom is -0.329 e. The Morgan fingerprint density at radius 1 is 1.25 bits per heavy atom. The number of nitrogens with zero attached hydrogens (tertiary/aromatic N) is 2. The Kier molecular flexibility index (Phi) is 3.93. The van der Waals surface area contributed by atoms with E-state index in [1.807, 2.05) is 0 Å². The van der Waals surface area contributed by atoms with Crippen LogP contribution in [0.5, 0.6) is 0 Å². The number of nitrogens with two attached hydrogens (primary N) is 1. The van der Waals surface area contributed by atoms with E-state index in [9.17, 15) is 4.79 Å². The molecule has 1 saturated carbocycles. The van der Waals surface area contributed by atoms with Crippen LogP contribution in [0, 0.1) is 5.92 Å². The number of hydrogen-bond acceptors (Lipinski definition) is 3. The third-order valence-electron chi connectivity index (χ3n) is 3.54. The molecule has 0 saturated heterocycles. The maximum Gasteiger partial charge on any atom is 0.248 e. The Bertz CT molecular complexity index is 280. The first-order chi connectivity index (χ1) is 7.81. The van der Waals surface area contributed by atoms with E-state index in [-0.39, 0.29) is 5.91 Å². The maximum atomic E-state index is 11.7. The van der Waals surface area contributed by atoms with Gasteiger partial charge in [0.15, 0.2) is 0 Å². The van der Waals surface area contributed by atoms with Gasteiger partial charge in [0, 0.05) is 6.54 Å². The molecule has 0 aromatic rings. The summed E-state index contributed by atoms with van der Waals surface area (Å²) in [5.41, 5.74) is 6.57. The molecule has 2 N–H and O–H groups in total. The van der Waals surface area contributed by atoms with Crippen LogP contribution >= 0.6 is 0 Å². The van der Waals surface area contributed by atoms with Crippen molar-refractivity contribution in [3.05, 3.63) is 0 Å². The molecule has 0 aromatic carbocycles. The number of hydrazone groups is 1. The fourth-order valence-corrected chi connectivity index (χ4v) is 2.63. The lowest BCUT2D eigenvalue weighted by atomic mass is 9.93. The average molecular weight is 223 g/mol. The zero-order chi connectivity index (χ0) is 11.4. The van der Waals surface area contributed by atoms with E-state index in [1.165, 1.54) is 38.5 Å². The molecule has 90 valence electrons. The Labute approximate surface area is 96.9 Å². The van der Waals surface area contributed by atoms with Crippen molar-refractivity contribution in [1.29, 1.82) is 0 Å². The van der Waals surface area contributed by atoms with Crippen molar-refractivity contribution in [3.63, 3.8) is 0 Å². The smallest absolute Gasteiger partial charge is 0.248 e. The van der Waals surface area contributed by atoms with Gasteiger partial charge in [0.25, 0.3) is 0 Å². The summed E-state index contributed by atoms with van der Waals surface area (Å²) in [5.74, 6) is 0.680. The van der Waals surface area contributed by atoms with Gasteiger partial charge in [-0.1, -0.05) is 25.7 Å². The standard InChI is InChI=1S/C12H21N3O/c13-7-8-15-12(16)9-11(14-15)10-5-3-1-2-4-6-10/h10H,1-9,13H2. The van der Waals surface area contributed by atoms with Crippen LogP contribution in [0.4, 0.5) is 0 Å². The molecule has 1 heterocycles. The molecule has 0 bridgehead atoms. The molecule has 0 aromatic heterocycles. The Morgan fingerprint density at radius 2 is 1.94 bits per heavy atom. The van der Waals surface area contributed by atoms with E-state index in [1.54, 1.807) is 5.01 Å². The van der Waals surface area contributed by atoms with Crippen LogP contribution in [0.3, 0.4) is 0 Å². The lowest BCUT2D eigenvalue weighted by molar-refractivity contribution is -0.128. The molecular weight excluding hydrogens is 202 g/mol. The average Bonchev–Trinajstić information content (AvgIpc) is 2.54. The molecule has 0 radical (unpaired) electrons.